The second-order valence-corrected chi connectivity index (χ2v) is 5.93. The van der Waals surface area contributed by atoms with Crippen molar-refractivity contribution in [2.45, 2.75) is 19.4 Å². The second kappa shape index (κ2) is 8.50. The van der Waals surface area contributed by atoms with Crippen molar-refractivity contribution in [1.82, 2.24) is 4.90 Å². The number of benzene rings is 2. The predicted molar refractivity (Wildman–Crippen MR) is 94.5 cm³/mol. The molecule has 2 aromatic carbocycles. The minimum absolute atomic E-state index is 0.0299. The first-order valence-electron chi connectivity index (χ1n) is 7.66. The molecule has 0 spiro atoms. The lowest BCUT2D eigenvalue weighted by Gasteiger charge is -2.19. The molecule has 0 aliphatic carbocycles. The van der Waals surface area contributed by atoms with Gasteiger partial charge in [-0.1, -0.05) is 41.9 Å². The highest BCUT2D eigenvalue weighted by Crippen LogP contribution is 2.24. The molecule has 2 aromatic rings. The number of methoxy groups -OCH3 is 1. The molecule has 24 heavy (non-hydrogen) atoms. The molecule has 0 aliphatic rings. The first kappa shape index (κ1) is 18.0. The van der Waals surface area contributed by atoms with Gasteiger partial charge in [0.1, 0.15) is 5.75 Å². The van der Waals surface area contributed by atoms with Gasteiger partial charge in [-0.25, -0.2) is 0 Å². The summed E-state index contributed by atoms with van der Waals surface area (Å²) in [7, 11) is 3.28. The fourth-order valence-electron chi connectivity index (χ4n) is 2.39. The van der Waals surface area contributed by atoms with Crippen molar-refractivity contribution in [1.29, 1.82) is 0 Å². The van der Waals surface area contributed by atoms with E-state index in [1.54, 1.807) is 49.4 Å². The largest absolute Gasteiger partial charge is 0.496 e. The molecular formula is C19H20ClNO3. The zero-order valence-corrected chi connectivity index (χ0v) is 14.5. The van der Waals surface area contributed by atoms with E-state index >= 15 is 0 Å². The third-order valence-corrected chi connectivity index (χ3v) is 3.97. The lowest BCUT2D eigenvalue weighted by molar-refractivity contribution is -0.130. The van der Waals surface area contributed by atoms with Gasteiger partial charge in [0.05, 0.1) is 7.11 Å². The summed E-state index contributed by atoms with van der Waals surface area (Å²) >= 11 is 6.00. The number of nitrogens with zero attached hydrogens (tertiary/aromatic N) is 1. The predicted octanol–water partition coefficient (Wildman–Crippen LogP) is 3.97. The Kier molecular flexibility index (Phi) is 6.38. The molecule has 5 heteroatoms. The fourth-order valence-corrected chi connectivity index (χ4v) is 2.59. The Morgan fingerprint density at radius 2 is 1.79 bits per heavy atom. The Bertz CT molecular complexity index is 716. The highest BCUT2D eigenvalue weighted by molar-refractivity contribution is 6.30. The minimum Gasteiger partial charge on any atom is -0.496 e. The van der Waals surface area contributed by atoms with Crippen LogP contribution in [0.25, 0.3) is 0 Å². The van der Waals surface area contributed by atoms with Gasteiger partial charge in [-0.3, -0.25) is 9.59 Å². The van der Waals surface area contributed by atoms with Crippen molar-refractivity contribution in [3.8, 4) is 5.75 Å². The van der Waals surface area contributed by atoms with Gasteiger partial charge in [-0.15, -0.1) is 0 Å². The normalized spacial score (nSPS) is 10.3. The molecule has 0 aromatic heterocycles. The molecule has 0 aliphatic heterocycles. The van der Waals surface area contributed by atoms with Crippen molar-refractivity contribution in [2.75, 3.05) is 14.2 Å². The molecule has 0 radical (unpaired) electrons. The lowest BCUT2D eigenvalue weighted by Crippen LogP contribution is -2.26. The molecule has 126 valence electrons. The Hall–Kier alpha value is -2.33. The van der Waals surface area contributed by atoms with E-state index in [-0.39, 0.29) is 24.5 Å². The third kappa shape index (κ3) is 4.83. The summed E-state index contributed by atoms with van der Waals surface area (Å²) in [5.74, 6) is 0.554. The quantitative estimate of drug-likeness (QED) is 0.713. The van der Waals surface area contributed by atoms with Gasteiger partial charge in [0.25, 0.3) is 0 Å². The average molecular weight is 346 g/mol. The molecule has 0 saturated heterocycles. The SMILES string of the molecule is COc1ccc(Cl)cc1CN(C)C(=O)CCC(=O)c1ccccc1. The zero-order valence-electron chi connectivity index (χ0n) is 13.8. The van der Waals surface area contributed by atoms with Gasteiger partial charge in [-0.2, -0.15) is 0 Å². The summed E-state index contributed by atoms with van der Waals surface area (Å²) in [6, 6.07) is 14.3. The molecule has 0 saturated carbocycles. The van der Waals surface area contributed by atoms with Crippen LogP contribution in [-0.2, 0) is 11.3 Å². The number of ether oxygens (including phenoxy) is 1. The van der Waals surface area contributed by atoms with Gasteiger partial charge < -0.3 is 9.64 Å². The first-order valence-corrected chi connectivity index (χ1v) is 8.03. The van der Waals surface area contributed by atoms with Crippen LogP contribution in [0.2, 0.25) is 5.02 Å². The summed E-state index contributed by atoms with van der Waals surface area (Å²) in [5, 5.41) is 0.589. The number of carbonyl (C=O) groups is 2. The number of rotatable bonds is 7. The van der Waals surface area contributed by atoms with Crippen LogP contribution in [0.1, 0.15) is 28.8 Å². The van der Waals surface area contributed by atoms with Crippen LogP contribution in [0, 0.1) is 0 Å². The standard InChI is InChI=1S/C19H20ClNO3/c1-21(13-15-12-16(20)8-10-18(15)24-2)19(23)11-9-17(22)14-6-4-3-5-7-14/h3-8,10,12H,9,11,13H2,1-2H3. The topological polar surface area (TPSA) is 46.6 Å². The first-order chi connectivity index (χ1) is 11.5. The van der Waals surface area contributed by atoms with E-state index in [0.717, 1.165) is 5.56 Å². The van der Waals surface area contributed by atoms with Crippen molar-refractivity contribution < 1.29 is 14.3 Å². The number of halogens is 1. The summed E-state index contributed by atoms with van der Waals surface area (Å²) in [5.41, 5.74) is 1.46. The maximum absolute atomic E-state index is 12.3. The highest BCUT2D eigenvalue weighted by Gasteiger charge is 2.15. The Morgan fingerprint density at radius 1 is 1.08 bits per heavy atom. The lowest BCUT2D eigenvalue weighted by atomic mass is 10.1. The van der Waals surface area contributed by atoms with Crippen LogP contribution in [0.5, 0.6) is 5.75 Å². The van der Waals surface area contributed by atoms with E-state index in [1.807, 2.05) is 18.2 Å². The Morgan fingerprint density at radius 3 is 2.46 bits per heavy atom. The summed E-state index contributed by atoms with van der Waals surface area (Å²) in [6.07, 6.45) is 0.368. The van der Waals surface area contributed by atoms with Crippen LogP contribution >= 0.6 is 11.6 Å². The fraction of sp³-hybridized carbons (Fsp3) is 0.263. The smallest absolute Gasteiger partial charge is 0.223 e. The number of ketones is 1. The zero-order chi connectivity index (χ0) is 17.5. The maximum Gasteiger partial charge on any atom is 0.223 e. The molecule has 0 heterocycles. The number of carbonyl (C=O) groups excluding carboxylic acids is 2. The van der Waals surface area contributed by atoms with Gasteiger partial charge >= 0.3 is 0 Å². The minimum atomic E-state index is -0.0960. The molecule has 4 nitrogen and oxygen atoms in total. The van der Waals surface area contributed by atoms with Gasteiger partial charge in [0, 0.05) is 42.6 Å². The van der Waals surface area contributed by atoms with Crippen LogP contribution in [-0.4, -0.2) is 30.7 Å². The van der Waals surface area contributed by atoms with Crippen LogP contribution in [0.4, 0.5) is 0 Å². The Balaban J connectivity index is 1.93. The van der Waals surface area contributed by atoms with E-state index in [0.29, 0.717) is 22.9 Å². The Labute approximate surface area is 147 Å². The van der Waals surface area contributed by atoms with Gasteiger partial charge in [-0.05, 0) is 18.2 Å². The van der Waals surface area contributed by atoms with Crippen LogP contribution < -0.4 is 4.74 Å². The highest BCUT2D eigenvalue weighted by atomic mass is 35.5. The van der Waals surface area contributed by atoms with Crippen molar-refractivity contribution in [3.05, 3.63) is 64.7 Å². The number of Topliss-reactive ketones (excluding diaryl/α,β-unsaturated/α-hetero) is 1. The summed E-state index contributed by atoms with van der Waals surface area (Å²) in [6.45, 7) is 0.377. The van der Waals surface area contributed by atoms with Gasteiger partial charge in [0.2, 0.25) is 5.91 Å². The number of hydrogen-bond acceptors (Lipinski definition) is 3. The molecule has 0 atom stereocenters. The number of hydrogen-bond donors (Lipinski definition) is 0. The monoisotopic (exact) mass is 345 g/mol. The van der Waals surface area contributed by atoms with Crippen LogP contribution in [0.3, 0.4) is 0 Å². The molecule has 0 unspecified atom stereocenters. The van der Waals surface area contributed by atoms with Crippen LogP contribution in [0.15, 0.2) is 48.5 Å². The van der Waals surface area contributed by atoms with E-state index in [2.05, 4.69) is 0 Å². The third-order valence-electron chi connectivity index (χ3n) is 3.74. The average Bonchev–Trinajstić information content (AvgIpc) is 2.60. The summed E-state index contributed by atoms with van der Waals surface area (Å²) < 4.78 is 5.29. The number of amides is 1. The summed E-state index contributed by atoms with van der Waals surface area (Å²) in [4.78, 5) is 25.9. The molecule has 0 N–H and O–H groups in total. The molecule has 0 fully saturated rings. The molecular weight excluding hydrogens is 326 g/mol. The van der Waals surface area contributed by atoms with E-state index in [9.17, 15) is 9.59 Å². The van der Waals surface area contributed by atoms with Crippen molar-refractivity contribution in [3.63, 3.8) is 0 Å². The van der Waals surface area contributed by atoms with E-state index in [4.69, 9.17) is 16.3 Å². The maximum atomic E-state index is 12.3. The molecule has 2 rings (SSSR count). The second-order valence-electron chi connectivity index (χ2n) is 5.50. The van der Waals surface area contributed by atoms with E-state index in [1.165, 1.54) is 0 Å². The van der Waals surface area contributed by atoms with E-state index < -0.39 is 0 Å². The van der Waals surface area contributed by atoms with Crippen molar-refractivity contribution >= 4 is 23.3 Å². The molecule has 1 amide bonds. The molecule has 0 bridgehead atoms. The van der Waals surface area contributed by atoms with Gasteiger partial charge in [0.15, 0.2) is 5.78 Å². The van der Waals surface area contributed by atoms with Crippen molar-refractivity contribution in [2.24, 2.45) is 0 Å².